The summed E-state index contributed by atoms with van der Waals surface area (Å²) in [6.45, 7) is 2.36. The van der Waals surface area contributed by atoms with E-state index in [4.69, 9.17) is 4.74 Å². The number of nitrogens with zero attached hydrogens (tertiary/aromatic N) is 1. The summed E-state index contributed by atoms with van der Waals surface area (Å²) in [5, 5.41) is 12.7. The van der Waals surface area contributed by atoms with Crippen molar-refractivity contribution in [3.63, 3.8) is 0 Å². The first kappa shape index (κ1) is 19.4. The topological polar surface area (TPSA) is 78.9 Å². The van der Waals surface area contributed by atoms with Crippen LogP contribution in [-0.2, 0) is 11.3 Å². The molecule has 140 valence electrons. The molecule has 0 bridgehead atoms. The average Bonchev–Trinajstić information content (AvgIpc) is 2.92. The summed E-state index contributed by atoms with van der Waals surface area (Å²) >= 11 is 6.68. The molecule has 2 aromatic carbocycles. The third kappa shape index (κ3) is 4.01. The van der Waals surface area contributed by atoms with Crippen molar-refractivity contribution in [3.05, 3.63) is 62.2 Å². The van der Waals surface area contributed by atoms with Crippen molar-refractivity contribution in [3.8, 4) is 11.5 Å². The number of urea groups is 1. The summed E-state index contributed by atoms with van der Waals surface area (Å²) in [6, 6.07) is 10.4. The van der Waals surface area contributed by atoms with Crippen molar-refractivity contribution in [2.75, 3.05) is 6.61 Å². The number of amides is 3. The number of carbonyl (C=O) groups is 2. The predicted molar refractivity (Wildman–Crippen MR) is 108 cm³/mol. The summed E-state index contributed by atoms with van der Waals surface area (Å²) in [7, 11) is 0. The van der Waals surface area contributed by atoms with Gasteiger partial charge in [0.05, 0.1) is 17.6 Å². The van der Waals surface area contributed by atoms with Crippen LogP contribution in [0.2, 0.25) is 0 Å². The molecular weight excluding hydrogens is 480 g/mol. The maximum absolute atomic E-state index is 12.7. The minimum atomic E-state index is -0.478. The van der Waals surface area contributed by atoms with Crippen LogP contribution in [0.1, 0.15) is 18.1 Å². The molecule has 1 aliphatic rings. The number of phenolic OH excluding ortho intramolecular Hbond substituents is 1. The van der Waals surface area contributed by atoms with Gasteiger partial charge in [-0.05, 0) is 62.1 Å². The second-order valence-electron chi connectivity index (χ2n) is 5.74. The quantitative estimate of drug-likeness (QED) is 0.475. The number of carbonyl (C=O) groups excluding carboxylic acids is 2. The molecule has 0 unspecified atom stereocenters. The van der Waals surface area contributed by atoms with Crippen LogP contribution < -0.4 is 10.1 Å². The Balaban J connectivity index is 1.92. The van der Waals surface area contributed by atoms with E-state index in [1.165, 1.54) is 0 Å². The second kappa shape index (κ2) is 8.14. The Bertz CT molecular complexity index is 929. The molecule has 3 rings (SSSR count). The standard InChI is InChI=1S/C19H16Br2N2O4/c1-2-27-14-9-12(15(20)16(21)17(14)24)8-13-18(25)23(19(26)22-13)10-11-6-4-3-5-7-11/h3-9,24H,2,10H2,1H3,(H,22,26)/b13-8+. The minimum absolute atomic E-state index is 0.0432. The van der Waals surface area contributed by atoms with E-state index in [1.54, 1.807) is 19.1 Å². The summed E-state index contributed by atoms with van der Waals surface area (Å²) in [5.74, 6) is -0.186. The Morgan fingerprint density at radius 2 is 1.89 bits per heavy atom. The molecule has 2 N–H and O–H groups in total. The maximum atomic E-state index is 12.7. The van der Waals surface area contributed by atoms with Gasteiger partial charge >= 0.3 is 6.03 Å². The van der Waals surface area contributed by atoms with Gasteiger partial charge in [-0.15, -0.1) is 0 Å². The summed E-state index contributed by atoms with van der Waals surface area (Å²) in [5.41, 5.74) is 1.58. The molecule has 1 saturated heterocycles. The third-order valence-electron chi connectivity index (χ3n) is 3.92. The van der Waals surface area contributed by atoms with Gasteiger partial charge in [-0.25, -0.2) is 4.79 Å². The van der Waals surface area contributed by atoms with Crippen LogP contribution in [0.25, 0.3) is 6.08 Å². The highest BCUT2D eigenvalue weighted by atomic mass is 79.9. The van der Waals surface area contributed by atoms with Crippen LogP contribution in [0.3, 0.4) is 0 Å². The van der Waals surface area contributed by atoms with Crippen LogP contribution in [0.5, 0.6) is 11.5 Å². The first-order valence-corrected chi connectivity index (χ1v) is 9.73. The molecule has 0 spiro atoms. The number of hydrogen-bond acceptors (Lipinski definition) is 4. The SMILES string of the molecule is CCOc1cc(/C=C2/NC(=O)N(Cc3ccccc3)C2=O)c(Br)c(Br)c1O. The highest BCUT2D eigenvalue weighted by molar-refractivity contribution is 9.13. The van der Waals surface area contributed by atoms with Gasteiger partial charge in [-0.2, -0.15) is 0 Å². The van der Waals surface area contributed by atoms with E-state index in [-0.39, 0.29) is 23.7 Å². The lowest BCUT2D eigenvalue weighted by atomic mass is 10.1. The summed E-state index contributed by atoms with van der Waals surface area (Å²) in [4.78, 5) is 26.0. The molecule has 0 aliphatic carbocycles. The molecule has 1 heterocycles. The highest BCUT2D eigenvalue weighted by Crippen LogP contribution is 2.42. The lowest BCUT2D eigenvalue weighted by Gasteiger charge is -2.12. The normalized spacial score (nSPS) is 15.4. The molecule has 8 heteroatoms. The number of imide groups is 1. The molecule has 0 atom stereocenters. The Morgan fingerprint density at radius 3 is 2.56 bits per heavy atom. The van der Waals surface area contributed by atoms with E-state index >= 15 is 0 Å². The van der Waals surface area contributed by atoms with Crippen molar-refractivity contribution < 1.29 is 19.4 Å². The van der Waals surface area contributed by atoms with Gasteiger partial charge in [0.1, 0.15) is 5.70 Å². The molecule has 1 fully saturated rings. The summed E-state index contributed by atoms with van der Waals surface area (Å²) in [6.07, 6.45) is 1.54. The van der Waals surface area contributed by atoms with Crippen molar-refractivity contribution in [2.45, 2.75) is 13.5 Å². The van der Waals surface area contributed by atoms with Crippen LogP contribution in [-0.4, -0.2) is 28.6 Å². The largest absolute Gasteiger partial charge is 0.503 e. The molecule has 27 heavy (non-hydrogen) atoms. The Hall–Kier alpha value is -2.32. The number of hydrogen-bond donors (Lipinski definition) is 2. The average molecular weight is 496 g/mol. The fourth-order valence-corrected chi connectivity index (χ4v) is 3.46. The minimum Gasteiger partial charge on any atom is -0.503 e. The van der Waals surface area contributed by atoms with Crippen molar-refractivity contribution in [2.24, 2.45) is 0 Å². The molecule has 0 saturated carbocycles. The molecule has 6 nitrogen and oxygen atoms in total. The van der Waals surface area contributed by atoms with E-state index in [9.17, 15) is 14.7 Å². The number of rotatable bonds is 5. The Morgan fingerprint density at radius 1 is 1.19 bits per heavy atom. The number of aromatic hydroxyl groups is 1. The molecule has 0 radical (unpaired) electrons. The monoisotopic (exact) mass is 494 g/mol. The van der Waals surface area contributed by atoms with Gasteiger partial charge in [-0.3, -0.25) is 9.69 Å². The molecule has 0 aromatic heterocycles. The Kier molecular flexibility index (Phi) is 5.86. The van der Waals surface area contributed by atoms with Crippen LogP contribution >= 0.6 is 31.9 Å². The molecule has 3 amide bonds. The molecule has 2 aromatic rings. The fraction of sp³-hybridized carbons (Fsp3) is 0.158. The number of benzene rings is 2. The van der Waals surface area contributed by atoms with Crippen LogP contribution in [0.4, 0.5) is 4.79 Å². The van der Waals surface area contributed by atoms with E-state index in [1.807, 2.05) is 30.3 Å². The van der Waals surface area contributed by atoms with Gasteiger partial charge in [0.25, 0.3) is 5.91 Å². The lowest BCUT2D eigenvalue weighted by molar-refractivity contribution is -0.123. The maximum Gasteiger partial charge on any atom is 0.329 e. The van der Waals surface area contributed by atoms with E-state index in [0.717, 1.165) is 10.5 Å². The Labute approximate surface area is 173 Å². The number of ether oxygens (including phenoxy) is 1. The van der Waals surface area contributed by atoms with E-state index < -0.39 is 11.9 Å². The zero-order valence-electron chi connectivity index (χ0n) is 14.3. The zero-order valence-corrected chi connectivity index (χ0v) is 17.5. The highest BCUT2D eigenvalue weighted by Gasteiger charge is 2.33. The molecule has 1 aliphatic heterocycles. The van der Waals surface area contributed by atoms with E-state index in [0.29, 0.717) is 21.1 Å². The van der Waals surface area contributed by atoms with E-state index in [2.05, 4.69) is 37.2 Å². The number of nitrogens with one attached hydrogen (secondary N) is 1. The second-order valence-corrected chi connectivity index (χ2v) is 7.32. The summed E-state index contributed by atoms with van der Waals surface area (Å²) < 4.78 is 6.36. The van der Waals surface area contributed by atoms with Gasteiger partial charge < -0.3 is 15.2 Å². The predicted octanol–water partition coefficient (Wildman–Crippen LogP) is 4.41. The zero-order chi connectivity index (χ0) is 19.6. The van der Waals surface area contributed by atoms with Crippen LogP contribution in [0.15, 0.2) is 51.0 Å². The third-order valence-corrected chi connectivity index (χ3v) is 6.08. The van der Waals surface area contributed by atoms with Crippen molar-refractivity contribution in [1.29, 1.82) is 0 Å². The number of halogens is 2. The van der Waals surface area contributed by atoms with Gasteiger partial charge in [0, 0.05) is 4.47 Å². The van der Waals surface area contributed by atoms with Gasteiger partial charge in [-0.1, -0.05) is 30.3 Å². The van der Waals surface area contributed by atoms with Gasteiger partial charge in [0.2, 0.25) is 0 Å². The number of phenols is 1. The van der Waals surface area contributed by atoms with Crippen LogP contribution in [0, 0.1) is 0 Å². The van der Waals surface area contributed by atoms with Crippen molar-refractivity contribution >= 4 is 49.9 Å². The smallest absolute Gasteiger partial charge is 0.329 e. The van der Waals surface area contributed by atoms with Gasteiger partial charge in [0.15, 0.2) is 11.5 Å². The fourth-order valence-electron chi connectivity index (χ4n) is 2.62. The first-order chi connectivity index (χ1) is 12.9. The first-order valence-electron chi connectivity index (χ1n) is 8.14. The van der Waals surface area contributed by atoms with Crippen molar-refractivity contribution in [1.82, 2.24) is 10.2 Å². The lowest BCUT2D eigenvalue weighted by Crippen LogP contribution is -2.30. The molecular formula is C19H16Br2N2O4.